The van der Waals surface area contributed by atoms with E-state index in [1.54, 1.807) is 13.0 Å². The summed E-state index contributed by atoms with van der Waals surface area (Å²) in [4.78, 5) is 44.0. The zero-order valence-electron chi connectivity index (χ0n) is 19.0. The summed E-state index contributed by atoms with van der Waals surface area (Å²) in [6.45, 7) is 5.04. The van der Waals surface area contributed by atoms with E-state index in [1.165, 1.54) is 12.5 Å². The van der Waals surface area contributed by atoms with Crippen LogP contribution in [0.4, 0.5) is 24.8 Å². The number of thiazole rings is 1. The van der Waals surface area contributed by atoms with Crippen LogP contribution in [0.1, 0.15) is 50.0 Å². The van der Waals surface area contributed by atoms with Gasteiger partial charge in [-0.1, -0.05) is 18.5 Å². The molecule has 1 amide bonds. The number of rotatable bonds is 7. The standard InChI is InChI=1S/C22H21ClF3N7O2S/c1-12(6-16(34)15-8-19(31-11-30-15)33-4-2-27-3-5-33)21-29-10-17(36-21)20(35)32-18-7-13(22(24,25)26)14(23)9-28-18/h7-12,27H,2-6H2,1H3,(H,28,32,35). The van der Waals surface area contributed by atoms with E-state index in [1.807, 2.05) is 0 Å². The molecule has 14 heteroatoms. The highest BCUT2D eigenvalue weighted by Crippen LogP contribution is 2.35. The summed E-state index contributed by atoms with van der Waals surface area (Å²) >= 11 is 6.61. The lowest BCUT2D eigenvalue weighted by molar-refractivity contribution is -0.137. The van der Waals surface area contributed by atoms with E-state index in [-0.39, 0.29) is 28.8 Å². The molecule has 9 nitrogen and oxygen atoms in total. The van der Waals surface area contributed by atoms with E-state index in [0.29, 0.717) is 22.6 Å². The fourth-order valence-corrected chi connectivity index (χ4v) is 4.63. The number of piperazine rings is 1. The number of alkyl halides is 3. The highest BCUT2D eigenvalue weighted by Gasteiger charge is 2.34. The van der Waals surface area contributed by atoms with Crippen molar-refractivity contribution >= 4 is 46.3 Å². The summed E-state index contributed by atoms with van der Waals surface area (Å²) in [5, 5.41) is 5.55. The second-order valence-electron chi connectivity index (χ2n) is 8.09. The minimum atomic E-state index is -4.69. The van der Waals surface area contributed by atoms with Gasteiger partial charge in [-0.25, -0.2) is 19.9 Å². The summed E-state index contributed by atoms with van der Waals surface area (Å²) in [7, 11) is 0. The first kappa shape index (κ1) is 25.9. The fraction of sp³-hybridized carbons (Fsp3) is 0.364. The van der Waals surface area contributed by atoms with Gasteiger partial charge in [0.05, 0.1) is 21.8 Å². The van der Waals surface area contributed by atoms with Crippen molar-refractivity contribution < 1.29 is 22.8 Å². The number of ketones is 1. The molecule has 190 valence electrons. The molecule has 1 aliphatic rings. The molecular formula is C22H21ClF3N7O2S. The van der Waals surface area contributed by atoms with Gasteiger partial charge in [-0.3, -0.25) is 9.59 Å². The first-order valence-corrected chi connectivity index (χ1v) is 12.1. The van der Waals surface area contributed by atoms with Crippen molar-refractivity contribution in [2.45, 2.75) is 25.4 Å². The smallest absolute Gasteiger partial charge is 0.354 e. The Hall–Kier alpha value is -3.16. The van der Waals surface area contributed by atoms with Gasteiger partial charge in [0, 0.05) is 50.8 Å². The number of anilines is 2. The quantitative estimate of drug-likeness (QED) is 0.433. The maximum atomic E-state index is 13.1. The number of amides is 1. The first-order chi connectivity index (χ1) is 17.1. The molecule has 0 bridgehead atoms. The van der Waals surface area contributed by atoms with Gasteiger partial charge in [0.1, 0.15) is 28.5 Å². The monoisotopic (exact) mass is 539 g/mol. The van der Waals surface area contributed by atoms with Crippen molar-refractivity contribution in [1.82, 2.24) is 25.3 Å². The van der Waals surface area contributed by atoms with Gasteiger partial charge in [-0.05, 0) is 6.07 Å². The van der Waals surface area contributed by atoms with Crippen LogP contribution in [0.2, 0.25) is 5.02 Å². The molecule has 1 saturated heterocycles. The Labute approximate surface area is 213 Å². The summed E-state index contributed by atoms with van der Waals surface area (Å²) < 4.78 is 39.2. The number of halogens is 4. The van der Waals surface area contributed by atoms with E-state index in [4.69, 9.17) is 11.6 Å². The zero-order valence-corrected chi connectivity index (χ0v) is 20.5. The maximum Gasteiger partial charge on any atom is 0.418 e. The van der Waals surface area contributed by atoms with Crippen LogP contribution in [0.3, 0.4) is 0 Å². The molecule has 0 spiro atoms. The Morgan fingerprint density at radius 2 is 1.92 bits per heavy atom. The number of nitrogens with zero attached hydrogens (tertiary/aromatic N) is 5. The number of aromatic nitrogens is 4. The van der Waals surface area contributed by atoms with E-state index in [2.05, 4.69) is 35.5 Å². The lowest BCUT2D eigenvalue weighted by atomic mass is 10.0. The molecule has 0 aliphatic carbocycles. The number of nitrogens with one attached hydrogen (secondary N) is 2. The molecule has 3 aromatic rings. The SMILES string of the molecule is CC(CC(=O)c1cc(N2CCNCC2)ncn1)c1ncc(C(=O)Nc2cc(C(F)(F)F)c(Cl)cn2)s1. The molecule has 1 atom stereocenters. The Bertz CT molecular complexity index is 1260. The predicted octanol–water partition coefficient (Wildman–Crippen LogP) is 4.04. The minimum Gasteiger partial charge on any atom is -0.354 e. The number of hydrogen-bond acceptors (Lipinski definition) is 9. The summed E-state index contributed by atoms with van der Waals surface area (Å²) in [5.41, 5.74) is -0.800. The number of carbonyl (C=O) groups excluding carboxylic acids is 2. The summed E-state index contributed by atoms with van der Waals surface area (Å²) in [6.07, 6.45) is -1.07. The molecule has 4 rings (SSSR count). The summed E-state index contributed by atoms with van der Waals surface area (Å²) in [5.74, 6) is -0.768. The van der Waals surface area contributed by atoms with Crippen LogP contribution in [0.25, 0.3) is 0 Å². The van der Waals surface area contributed by atoms with Crippen molar-refractivity contribution in [1.29, 1.82) is 0 Å². The van der Waals surface area contributed by atoms with Gasteiger partial charge in [0.15, 0.2) is 5.78 Å². The van der Waals surface area contributed by atoms with Crippen molar-refractivity contribution in [2.24, 2.45) is 0 Å². The highest BCUT2D eigenvalue weighted by molar-refractivity contribution is 7.13. The zero-order chi connectivity index (χ0) is 25.9. The third-order valence-electron chi connectivity index (χ3n) is 5.44. The molecule has 4 heterocycles. The third kappa shape index (κ3) is 6.15. The minimum absolute atomic E-state index is 0.111. The number of carbonyl (C=O) groups is 2. The van der Waals surface area contributed by atoms with Crippen LogP contribution >= 0.6 is 22.9 Å². The van der Waals surface area contributed by atoms with Gasteiger partial charge in [0.25, 0.3) is 5.91 Å². The van der Waals surface area contributed by atoms with E-state index in [9.17, 15) is 22.8 Å². The molecule has 36 heavy (non-hydrogen) atoms. The lowest BCUT2D eigenvalue weighted by Crippen LogP contribution is -2.44. The van der Waals surface area contributed by atoms with Gasteiger partial charge >= 0.3 is 6.18 Å². The normalized spacial score (nSPS) is 15.0. The Kier molecular flexibility index (Phi) is 7.81. The van der Waals surface area contributed by atoms with Crippen LogP contribution < -0.4 is 15.5 Å². The Morgan fingerprint density at radius 3 is 2.64 bits per heavy atom. The van der Waals surface area contributed by atoms with Crippen molar-refractivity contribution in [2.75, 3.05) is 36.4 Å². The van der Waals surface area contributed by atoms with E-state index < -0.39 is 22.7 Å². The average molecular weight is 540 g/mol. The van der Waals surface area contributed by atoms with E-state index >= 15 is 0 Å². The molecule has 1 aliphatic heterocycles. The number of hydrogen-bond donors (Lipinski definition) is 2. The molecule has 0 radical (unpaired) electrons. The van der Waals surface area contributed by atoms with Crippen LogP contribution in [0.15, 0.2) is 30.9 Å². The highest BCUT2D eigenvalue weighted by atomic mass is 35.5. The topological polar surface area (TPSA) is 113 Å². The summed E-state index contributed by atoms with van der Waals surface area (Å²) in [6, 6.07) is 2.34. The molecule has 0 aromatic carbocycles. The van der Waals surface area contributed by atoms with E-state index in [0.717, 1.165) is 43.7 Å². The van der Waals surface area contributed by atoms with Crippen molar-refractivity contribution in [3.05, 3.63) is 57.0 Å². The average Bonchev–Trinajstić information content (AvgIpc) is 3.36. The fourth-order valence-electron chi connectivity index (χ4n) is 3.56. The molecule has 0 saturated carbocycles. The van der Waals surface area contributed by atoms with Crippen molar-refractivity contribution in [3.63, 3.8) is 0 Å². The predicted molar refractivity (Wildman–Crippen MR) is 129 cm³/mol. The largest absolute Gasteiger partial charge is 0.418 e. The first-order valence-electron chi connectivity index (χ1n) is 10.9. The molecule has 1 unspecified atom stereocenters. The Morgan fingerprint density at radius 1 is 1.17 bits per heavy atom. The maximum absolute atomic E-state index is 13.1. The van der Waals surface area contributed by atoms with Crippen molar-refractivity contribution in [3.8, 4) is 0 Å². The van der Waals surface area contributed by atoms with Gasteiger partial charge in [0.2, 0.25) is 0 Å². The third-order valence-corrected chi connectivity index (χ3v) is 6.97. The molecule has 2 N–H and O–H groups in total. The molecule has 1 fully saturated rings. The molecular weight excluding hydrogens is 519 g/mol. The Balaban J connectivity index is 1.40. The molecule has 3 aromatic heterocycles. The second kappa shape index (κ2) is 10.8. The number of Topliss-reactive ketones (excluding diaryl/α,β-unsaturated/α-hetero) is 1. The lowest BCUT2D eigenvalue weighted by Gasteiger charge is -2.28. The van der Waals surface area contributed by atoms with Gasteiger partial charge < -0.3 is 15.5 Å². The van der Waals surface area contributed by atoms with Gasteiger partial charge in [-0.2, -0.15) is 13.2 Å². The second-order valence-corrected chi connectivity index (χ2v) is 9.56. The van der Waals surface area contributed by atoms with Crippen LogP contribution in [0.5, 0.6) is 0 Å². The van der Waals surface area contributed by atoms with Crippen LogP contribution in [-0.4, -0.2) is 57.8 Å². The van der Waals surface area contributed by atoms with Crippen LogP contribution in [-0.2, 0) is 6.18 Å². The van der Waals surface area contributed by atoms with Crippen LogP contribution in [0, 0.1) is 0 Å². The van der Waals surface area contributed by atoms with Gasteiger partial charge in [-0.15, -0.1) is 11.3 Å². The number of pyridine rings is 1.